The first-order chi connectivity index (χ1) is 9.79. The van der Waals surface area contributed by atoms with E-state index in [1.54, 1.807) is 11.8 Å². The molecule has 2 rings (SSSR count). The number of hydrogen-bond donors (Lipinski definition) is 2. The van der Waals surface area contributed by atoms with Crippen molar-refractivity contribution in [3.05, 3.63) is 23.8 Å². The van der Waals surface area contributed by atoms with E-state index < -0.39 is 17.8 Å². The van der Waals surface area contributed by atoms with Crippen LogP contribution in [-0.2, 0) is 11.0 Å². The number of anilines is 2. The second-order valence-electron chi connectivity index (χ2n) is 5.20. The Kier molecular flexibility index (Phi) is 4.29. The van der Waals surface area contributed by atoms with Crippen LogP contribution in [0.3, 0.4) is 0 Å². The van der Waals surface area contributed by atoms with Crippen molar-refractivity contribution in [2.45, 2.75) is 32.0 Å². The fraction of sp³-hybridized carbons (Fsp3) is 0.500. The van der Waals surface area contributed by atoms with E-state index in [0.29, 0.717) is 13.1 Å². The number of nitrogen functional groups attached to an aromatic ring is 1. The summed E-state index contributed by atoms with van der Waals surface area (Å²) in [5, 5.41) is 2.81. The maximum absolute atomic E-state index is 12.8. The lowest BCUT2D eigenvalue weighted by Gasteiger charge is -2.22. The number of nitrogens with two attached hydrogens (primary N) is 1. The van der Waals surface area contributed by atoms with Crippen molar-refractivity contribution >= 4 is 17.3 Å². The Morgan fingerprint density at radius 3 is 2.52 bits per heavy atom. The van der Waals surface area contributed by atoms with Crippen molar-refractivity contribution in [1.82, 2.24) is 4.90 Å². The Bertz CT molecular complexity index is 525. The zero-order chi connectivity index (χ0) is 15.6. The summed E-state index contributed by atoms with van der Waals surface area (Å²) in [4.78, 5) is 13.8. The quantitative estimate of drug-likeness (QED) is 0.844. The average Bonchev–Trinajstić information content (AvgIpc) is 2.92. The van der Waals surface area contributed by atoms with Crippen molar-refractivity contribution < 1.29 is 18.0 Å². The summed E-state index contributed by atoms with van der Waals surface area (Å²) in [5.41, 5.74) is 4.35. The molecule has 0 radical (unpaired) electrons. The molecular formula is C14H18F3N3O. The number of hydrogen-bond acceptors (Lipinski definition) is 3. The third-order valence-electron chi connectivity index (χ3n) is 3.53. The van der Waals surface area contributed by atoms with E-state index in [-0.39, 0.29) is 17.3 Å². The van der Waals surface area contributed by atoms with Gasteiger partial charge in [-0.2, -0.15) is 13.2 Å². The van der Waals surface area contributed by atoms with Crippen LogP contribution < -0.4 is 11.1 Å². The number of nitrogens with one attached hydrogen (secondary N) is 1. The van der Waals surface area contributed by atoms with Gasteiger partial charge in [-0.3, -0.25) is 4.79 Å². The van der Waals surface area contributed by atoms with Crippen molar-refractivity contribution in [3.8, 4) is 0 Å². The second kappa shape index (κ2) is 5.83. The maximum Gasteiger partial charge on any atom is 0.418 e. The number of halogens is 3. The number of likely N-dealkylation sites (tertiary alicyclic amines) is 1. The number of rotatable bonds is 3. The molecule has 1 atom stereocenters. The zero-order valence-electron chi connectivity index (χ0n) is 11.7. The lowest BCUT2D eigenvalue weighted by Crippen LogP contribution is -2.39. The summed E-state index contributed by atoms with van der Waals surface area (Å²) < 4.78 is 38.4. The minimum absolute atomic E-state index is 0.0992. The SMILES string of the molecule is CC(Nc1ccc(N)c(C(F)(F)F)c1)C(=O)N1CCCC1. The molecule has 0 aromatic heterocycles. The van der Waals surface area contributed by atoms with Gasteiger partial charge in [-0.05, 0) is 38.0 Å². The average molecular weight is 301 g/mol. The number of carbonyl (C=O) groups is 1. The third kappa shape index (κ3) is 3.59. The summed E-state index contributed by atoms with van der Waals surface area (Å²) in [6, 6.07) is 2.99. The molecule has 1 unspecified atom stereocenters. The van der Waals surface area contributed by atoms with E-state index in [4.69, 9.17) is 5.73 Å². The minimum Gasteiger partial charge on any atom is -0.398 e. The Labute approximate surface area is 121 Å². The molecule has 1 aliphatic rings. The minimum atomic E-state index is -4.51. The van der Waals surface area contributed by atoms with Gasteiger partial charge in [-0.25, -0.2) is 0 Å². The molecule has 1 aromatic carbocycles. The molecule has 1 aliphatic heterocycles. The second-order valence-corrected chi connectivity index (χ2v) is 5.20. The van der Waals surface area contributed by atoms with Crippen LogP contribution in [0.4, 0.5) is 24.5 Å². The predicted molar refractivity (Wildman–Crippen MR) is 74.8 cm³/mol. The van der Waals surface area contributed by atoms with Crippen molar-refractivity contribution in [1.29, 1.82) is 0 Å². The lowest BCUT2D eigenvalue weighted by atomic mass is 10.1. The van der Waals surface area contributed by atoms with E-state index in [9.17, 15) is 18.0 Å². The summed E-state index contributed by atoms with van der Waals surface area (Å²) in [5.74, 6) is -0.0992. The van der Waals surface area contributed by atoms with Gasteiger partial charge in [-0.1, -0.05) is 0 Å². The molecule has 0 aliphatic carbocycles. The highest BCUT2D eigenvalue weighted by atomic mass is 19.4. The van der Waals surface area contributed by atoms with Crippen LogP contribution in [0, 0.1) is 0 Å². The van der Waals surface area contributed by atoms with Gasteiger partial charge in [0.25, 0.3) is 0 Å². The fourth-order valence-corrected chi connectivity index (χ4v) is 2.41. The van der Waals surface area contributed by atoms with Gasteiger partial charge in [-0.15, -0.1) is 0 Å². The molecule has 1 heterocycles. The van der Waals surface area contributed by atoms with Crippen LogP contribution in [-0.4, -0.2) is 29.9 Å². The molecule has 1 aromatic rings. The van der Waals surface area contributed by atoms with Gasteiger partial charge in [0.15, 0.2) is 0 Å². The van der Waals surface area contributed by atoms with Gasteiger partial charge >= 0.3 is 6.18 Å². The predicted octanol–water partition coefficient (Wildman–Crippen LogP) is 2.71. The summed E-state index contributed by atoms with van der Waals surface area (Å²) in [6.07, 6.45) is -2.57. The van der Waals surface area contributed by atoms with Crippen LogP contribution in [0.1, 0.15) is 25.3 Å². The van der Waals surface area contributed by atoms with Gasteiger partial charge in [0.2, 0.25) is 5.91 Å². The molecule has 0 bridgehead atoms. The van der Waals surface area contributed by atoms with E-state index >= 15 is 0 Å². The molecule has 4 nitrogen and oxygen atoms in total. The molecule has 116 valence electrons. The van der Waals surface area contributed by atoms with Gasteiger partial charge < -0.3 is 16.0 Å². The number of nitrogens with zero attached hydrogens (tertiary/aromatic N) is 1. The molecule has 7 heteroatoms. The van der Waals surface area contributed by atoms with E-state index in [1.165, 1.54) is 12.1 Å². The lowest BCUT2D eigenvalue weighted by molar-refractivity contribution is -0.136. The van der Waals surface area contributed by atoms with Crippen LogP contribution in [0.5, 0.6) is 0 Å². The van der Waals surface area contributed by atoms with E-state index in [2.05, 4.69) is 5.32 Å². The summed E-state index contributed by atoms with van der Waals surface area (Å²) in [6.45, 7) is 3.06. The van der Waals surface area contributed by atoms with Gasteiger partial charge in [0, 0.05) is 24.5 Å². The monoisotopic (exact) mass is 301 g/mol. The third-order valence-corrected chi connectivity index (χ3v) is 3.53. The number of alkyl halides is 3. The first kappa shape index (κ1) is 15.5. The first-order valence-electron chi connectivity index (χ1n) is 6.81. The number of carbonyl (C=O) groups excluding carboxylic acids is 1. The van der Waals surface area contributed by atoms with E-state index in [1.807, 2.05) is 0 Å². The Balaban J connectivity index is 2.10. The van der Waals surface area contributed by atoms with Crippen molar-refractivity contribution in [3.63, 3.8) is 0 Å². The van der Waals surface area contributed by atoms with Gasteiger partial charge in [0.05, 0.1) is 5.56 Å². The molecular weight excluding hydrogens is 283 g/mol. The number of benzene rings is 1. The molecule has 1 saturated heterocycles. The maximum atomic E-state index is 12.8. The van der Waals surface area contributed by atoms with Crippen LogP contribution in [0.2, 0.25) is 0 Å². The molecule has 21 heavy (non-hydrogen) atoms. The largest absolute Gasteiger partial charge is 0.418 e. The smallest absolute Gasteiger partial charge is 0.398 e. The van der Waals surface area contributed by atoms with Crippen LogP contribution in [0.25, 0.3) is 0 Å². The normalized spacial score (nSPS) is 16.9. The molecule has 1 amide bonds. The van der Waals surface area contributed by atoms with Gasteiger partial charge in [0.1, 0.15) is 6.04 Å². The molecule has 0 spiro atoms. The topological polar surface area (TPSA) is 58.4 Å². The Morgan fingerprint density at radius 1 is 1.33 bits per heavy atom. The highest BCUT2D eigenvalue weighted by Crippen LogP contribution is 2.35. The first-order valence-corrected chi connectivity index (χ1v) is 6.81. The molecule has 3 N–H and O–H groups in total. The Hall–Kier alpha value is -1.92. The highest BCUT2D eigenvalue weighted by Gasteiger charge is 2.33. The Morgan fingerprint density at radius 2 is 1.95 bits per heavy atom. The summed E-state index contributed by atoms with van der Waals surface area (Å²) in [7, 11) is 0. The summed E-state index contributed by atoms with van der Waals surface area (Å²) >= 11 is 0. The van der Waals surface area contributed by atoms with Crippen molar-refractivity contribution in [2.24, 2.45) is 0 Å². The fourth-order valence-electron chi connectivity index (χ4n) is 2.41. The molecule has 1 fully saturated rings. The van der Waals surface area contributed by atoms with Crippen LogP contribution in [0.15, 0.2) is 18.2 Å². The van der Waals surface area contributed by atoms with Crippen LogP contribution >= 0.6 is 0 Å². The molecule has 0 saturated carbocycles. The highest BCUT2D eigenvalue weighted by molar-refractivity contribution is 5.84. The standard InChI is InChI=1S/C14H18F3N3O/c1-9(13(21)20-6-2-3-7-20)19-10-4-5-12(18)11(8-10)14(15,16)17/h4-5,8-9,19H,2-3,6-7,18H2,1H3. The number of amides is 1. The van der Waals surface area contributed by atoms with E-state index in [0.717, 1.165) is 18.9 Å². The zero-order valence-corrected chi connectivity index (χ0v) is 11.7. The van der Waals surface area contributed by atoms with Crippen molar-refractivity contribution in [2.75, 3.05) is 24.1 Å².